The van der Waals surface area contributed by atoms with Crippen molar-refractivity contribution in [2.75, 3.05) is 0 Å². The molecule has 0 amide bonds. The van der Waals surface area contributed by atoms with Gasteiger partial charge in [-0.2, -0.15) is 0 Å². The van der Waals surface area contributed by atoms with Crippen LogP contribution < -0.4 is 0 Å². The quantitative estimate of drug-likeness (QED) is 0.498. The van der Waals surface area contributed by atoms with Gasteiger partial charge < -0.3 is 5.11 Å². The number of hydrogen-bond donors (Lipinski definition) is 1. The van der Waals surface area contributed by atoms with Crippen molar-refractivity contribution in [3.8, 4) is 0 Å². The Bertz CT molecular complexity index is 101. The third-order valence-corrected chi connectivity index (χ3v) is 2.55. The summed E-state index contributed by atoms with van der Waals surface area (Å²) in [4.78, 5) is 0. The van der Waals surface area contributed by atoms with E-state index in [-0.39, 0.29) is 6.10 Å². The van der Waals surface area contributed by atoms with Gasteiger partial charge in [-0.05, 0) is 31.1 Å². The number of aliphatic hydroxyl groups excluding tert-OH is 1. The molecule has 1 heteroatoms. The van der Waals surface area contributed by atoms with E-state index in [2.05, 4.69) is 0 Å². The smallest absolute Gasteiger partial charge is 0.0571 e. The fourth-order valence-electron chi connectivity index (χ4n) is 1.88. The molecule has 2 rings (SSSR count). The Balaban J connectivity index is 1.99. The Morgan fingerprint density at radius 2 is 2.12 bits per heavy atom. The summed E-state index contributed by atoms with van der Waals surface area (Å²) >= 11 is 0. The zero-order valence-electron chi connectivity index (χ0n) is 5.01. The number of hydrogen-bond acceptors (Lipinski definition) is 1. The summed E-state index contributed by atoms with van der Waals surface area (Å²) in [5.74, 6) is 1.66. The van der Waals surface area contributed by atoms with Gasteiger partial charge >= 0.3 is 0 Å². The van der Waals surface area contributed by atoms with Crippen LogP contribution in [0, 0.1) is 11.8 Å². The van der Waals surface area contributed by atoms with Crippen LogP contribution in [-0.4, -0.2) is 11.2 Å². The van der Waals surface area contributed by atoms with E-state index in [1.54, 1.807) is 0 Å². The zero-order chi connectivity index (χ0) is 5.56. The first kappa shape index (κ1) is 4.80. The highest BCUT2D eigenvalue weighted by Crippen LogP contribution is 2.49. The lowest BCUT2D eigenvalue weighted by Gasteiger charge is -2.14. The van der Waals surface area contributed by atoms with Crippen LogP contribution in [0.2, 0.25) is 0 Å². The van der Waals surface area contributed by atoms with Crippen LogP contribution in [0.4, 0.5) is 0 Å². The maximum absolute atomic E-state index is 9.22. The van der Waals surface area contributed by atoms with Gasteiger partial charge in [0.2, 0.25) is 0 Å². The zero-order valence-corrected chi connectivity index (χ0v) is 5.01. The highest BCUT2D eigenvalue weighted by Gasteiger charge is 2.44. The number of fused-ring (bicyclic) bond motifs is 1. The van der Waals surface area contributed by atoms with Crippen LogP contribution in [0.3, 0.4) is 0 Å². The van der Waals surface area contributed by atoms with Crippen molar-refractivity contribution < 1.29 is 5.11 Å². The van der Waals surface area contributed by atoms with E-state index in [9.17, 15) is 5.11 Å². The minimum atomic E-state index is 0.0775. The highest BCUT2D eigenvalue weighted by molar-refractivity contribution is 4.94. The van der Waals surface area contributed by atoms with Gasteiger partial charge in [0.15, 0.2) is 0 Å². The fraction of sp³-hybridized carbons (Fsp3) is 1.00. The second-order valence-corrected chi connectivity index (χ2v) is 3.16. The van der Waals surface area contributed by atoms with Crippen molar-refractivity contribution in [1.82, 2.24) is 0 Å². The number of aliphatic hydroxyl groups is 1. The van der Waals surface area contributed by atoms with Gasteiger partial charge in [0, 0.05) is 0 Å². The maximum atomic E-state index is 9.22. The average Bonchev–Trinajstić information content (AvgIpc) is 2.45. The van der Waals surface area contributed by atoms with Crippen molar-refractivity contribution in [2.24, 2.45) is 11.8 Å². The molecule has 0 bridgehead atoms. The molecule has 2 aliphatic carbocycles. The van der Waals surface area contributed by atoms with Crippen molar-refractivity contribution in [3.63, 3.8) is 0 Å². The number of rotatable bonds is 0. The molecule has 1 N–H and O–H groups in total. The molecule has 0 aromatic carbocycles. The first-order chi connectivity index (χ1) is 3.88. The minimum absolute atomic E-state index is 0.0775. The van der Waals surface area contributed by atoms with E-state index < -0.39 is 0 Å². The van der Waals surface area contributed by atoms with Gasteiger partial charge in [0.05, 0.1) is 6.10 Å². The topological polar surface area (TPSA) is 20.2 Å². The summed E-state index contributed by atoms with van der Waals surface area (Å²) in [5, 5.41) is 9.22. The lowest BCUT2D eigenvalue weighted by Crippen LogP contribution is -2.14. The molecular formula is C7H12O. The SMILES string of the molecule is O[C@@H]1CCC[C@H]2C[C@@H]21. The molecule has 3 atom stereocenters. The molecule has 0 radical (unpaired) electrons. The van der Waals surface area contributed by atoms with Crippen molar-refractivity contribution in [1.29, 1.82) is 0 Å². The van der Waals surface area contributed by atoms with E-state index in [1.807, 2.05) is 0 Å². The molecule has 0 spiro atoms. The lowest BCUT2D eigenvalue weighted by molar-refractivity contribution is 0.116. The van der Waals surface area contributed by atoms with Crippen LogP contribution >= 0.6 is 0 Å². The van der Waals surface area contributed by atoms with Crippen molar-refractivity contribution in [2.45, 2.75) is 31.8 Å². The molecule has 1 nitrogen and oxygen atoms in total. The predicted octanol–water partition coefficient (Wildman–Crippen LogP) is 1.17. The van der Waals surface area contributed by atoms with E-state index in [4.69, 9.17) is 0 Å². The second kappa shape index (κ2) is 1.47. The molecule has 0 unspecified atom stereocenters. The molecule has 0 heterocycles. The largest absolute Gasteiger partial charge is 0.393 e. The first-order valence-electron chi connectivity index (χ1n) is 3.56. The summed E-state index contributed by atoms with van der Waals surface area (Å²) in [6.45, 7) is 0. The summed E-state index contributed by atoms with van der Waals surface area (Å²) < 4.78 is 0. The average molecular weight is 112 g/mol. The Morgan fingerprint density at radius 1 is 1.25 bits per heavy atom. The van der Waals surface area contributed by atoms with E-state index in [0.29, 0.717) is 0 Å². The molecule has 8 heavy (non-hydrogen) atoms. The molecule has 0 aromatic rings. The van der Waals surface area contributed by atoms with Gasteiger partial charge in [0.1, 0.15) is 0 Å². The third kappa shape index (κ3) is 0.576. The second-order valence-electron chi connectivity index (χ2n) is 3.16. The van der Waals surface area contributed by atoms with Crippen LogP contribution in [0.5, 0.6) is 0 Å². The summed E-state index contributed by atoms with van der Waals surface area (Å²) in [5.41, 5.74) is 0. The van der Waals surface area contributed by atoms with Crippen molar-refractivity contribution in [3.05, 3.63) is 0 Å². The van der Waals surface area contributed by atoms with Gasteiger partial charge in [-0.3, -0.25) is 0 Å². The fourth-order valence-corrected chi connectivity index (χ4v) is 1.88. The molecule has 0 saturated heterocycles. The van der Waals surface area contributed by atoms with E-state index in [0.717, 1.165) is 18.3 Å². The Morgan fingerprint density at radius 3 is 2.75 bits per heavy atom. The summed E-state index contributed by atoms with van der Waals surface area (Å²) in [7, 11) is 0. The van der Waals surface area contributed by atoms with Crippen molar-refractivity contribution >= 4 is 0 Å². The molecule has 2 aliphatic rings. The highest BCUT2D eigenvalue weighted by atomic mass is 16.3. The van der Waals surface area contributed by atoms with Gasteiger partial charge in [-0.15, -0.1) is 0 Å². The molecule has 0 aromatic heterocycles. The third-order valence-electron chi connectivity index (χ3n) is 2.55. The van der Waals surface area contributed by atoms with E-state index >= 15 is 0 Å². The monoisotopic (exact) mass is 112 g/mol. The molecular weight excluding hydrogens is 100 g/mol. The standard InChI is InChI=1S/C7H12O/c8-7-3-1-2-5-4-6(5)7/h5-8H,1-4H2/t5-,6-,7+/m0/s1. The maximum Gasteiger partial charge on any atom is 0.0571 e. The van der Waals surface area contributed by atoms with Gasteiger partial charge in [-0.25, -0.2) is 0 Å². The Labute approximate surface area is 49.7 Å². The van der Waals surface area contributed by atoms with Crippen LogP contribution in [0.15, 0.2) is 0 Å². The Kier molecular flexibility index (Phi) is 0.884. The lowest BCUT2D eigenvalue weighted by atomic mass is 9.98. The Hall–Kier alpha value is -0.0400. The van der Waals surface area contributed by atoms with Gasteiger partial charge in [0.25, 0.3) is 0 Å². The molecule has 0 aliphatic heterocycles. The molecule has 2 fully saturated rings. The first-order valence-corrected chi connectivity index (χ1v) is 3.56. The van der Waals surface area contributed by atoms with E-state index in [1.165, 1.54) is 19.3 Å². The minimum Gasteiger partial charge on any atom is -0.393 e. The summed E-state index contributed by atoms with van der Waals surface area (Å²) in [6.07, 6.45) is 5.13. The summed E-state index contributed by atoms with van der Waals surface area (Å²) in [6, 6.07) is 0. The van der Waals surface area contributed by atoms with Crippen LogP contribution in [0.25, 0.3) is 0 Å². The van der Waals surface area contributed by atoms with Crippen LogP contribution in [-0.2, 0) is 0 Å². The molecule has 46 valence electrons. The molecule has 2 saturated carbocycles. The van der Waals surface area contributed by atoms with Crippen LogP contribution in [0.1, 0.15) is 25.7 Å². The van der Waals surface area contributed by atoms with Gasteiger partial charge in [-0.1, -0.05) is 6.42 Å². The predicted molar refractivity (Wildman–Crippen MR) is 31.5 cm³/mol. The normalized spacial score (nSPS) is 52.9.